The standard InChI is InChI=1S/C12H7BrCl2FNO/c13-12-9(15)3-4-11(17-12)18-6-7-1-2-8(14)5-10(7)16/h1-5H,6H2. The van der Waals surface area contributed by atoms with Crippen LogP contribution in [0.25, 0.3) is 0 Å². The molecule has 94 valence electrons. The van der Waals surface area contributed by atoms with Crippen molar-refractivity contribution in [1.82, 2.24) is 4.98 Å². The van der Waals surface area contributed by atoms with E-state index in [1.54, 1.807) is 24.3 Å². The van der Waals surface area contributed by atoms with Gasteiger partial charge >= 0.3 is 0 Å². The SMILES string of the molecule is Fc1cc(Cl)ccc1COc1ccc(Cl)c(Br)n1. The molecule has 2 nitrogen and oxygen atoms in total. The first-order chi connectivity index (χ1) is 8.56. The highest BCUT2D eigenvalue weighted by Crippen LogP contribution is 2.23. The fraction of sp³-hybridized carbons (Fsp3) is 0.0833. The summed E-state index contributed by atoms with van der Waals surface area (Å²) in [6.07, 6.45) is 0. The van der Waals surface area contributed by atoms with Crippen molar-refractivity contribution in [1.29, 1.82) is 0 Å². The Morgan fingerprint density at radius 1 is 1.22 bits per heavy atom. The number of benzene rings is 1. The maximum absolute atomic E-state index is 13.5. The van der Waals surface area contributed by atoms with Crippen molar-refractivity contribution in [3.05, 3.63) is 56.4 Å². The van der Waals surface area contributed by atoms with Gasteiger partial charge in [-0.2, -0.15) is 0 Å². The van der Waals surface area contributed by atoms with E-state index in [-0.39, 0.29) is 6.61 Å². The van der Waals surface area contributed by atoms with E-state index in [1.807, 2.05) is 0 Å². The zero-order valence-corrected chi connectivity index (χ0v) is 12.1. The van der Waals surface area contributed by atoms with Crippen molar-refractivity contribution >= 4 is 39.1 Å². The summed E-state index contributed by atoms with van der Waals surface area (Å²) in [5, 5.41) is 0.837. The Balaban J connectivity index is 2.09. The molecule has 0 saturated carbocycles. The summed E-state index contributed by atoms with van der Waals surface area (Å²) in [5.74, 6) is -0.0452. The van der Waals surface area contributed by atoms with Gasteiger partial charge in [-0.15, -0.1) is 0 Å². The predicted molar refractivity (Wildman–Crippen MR) is 72.7 cm³/mol. The molecule has 18 heavy (non-hydrogen) atoms. The third-order valence-electron chi connectivity index (χ3n) is 2.17. The van der Waals surface area contributed by atoms with Crippen molar-refractivity contribution in [3.63, 3.8) is 0 Å². The van der Waals surface area contributed by atoms with Gasteiger partial charge < -0.3 is 4.74 Å². The van der Waals surface area contributed by atoms with Crippen molar-refractivity contribution in [2.24, 2.45) is 0 Å². The van der Waals surface area contributed by atoms with Crippen LogP contribution in [0.3, 0.4) is 0 Å². The molecule has 1 heterocycles. The van der Waals surface area contributed by atoms with E-state index in [9.17, 15) is 4.39 Å². The van der Waals surface area contributed by atoms with Crippen LogP contribution in [-0.2, 0) is 6.61 Å². The minimum absolute atomic E-state index is 0.0735. The lowest BCUT2D eigenvalue weighted by Gasteiger charge is -2.07. The maximum Gasteiger partial charge on any atom is 0.214 e. The van der Waals surface area contributed by atoms with Gasteiger partial charge in [0.2, 0.25) is 5.88 Å². The average molecular weight is 351 g/mol. The highest BCUT2D eigenvalue weighted by atomic mass is 79.9. The molecule has 0 atom stereocenters. The summed E-state index contributed by atoms with van der Waals surface area (Å²) < 4.78 is 19.3. The molecule has 2 aromatic rings. The van der Waals surface area contributed by atoms with Crippen molar-refractivity contribution in [2.75, 3.05) is 0 Å². The molecular weight excluding hydrogens is 344 g/mol. The van der Waals surface area contributed by atoms with Gasteiger partial charge in [0, 0.05) is 16.7 Å². The fourth-order valence-corrected chi connectivity index (χ4v) is 1.84. The maximum atomic E-state index is 13.5. The Kier molecular flexibility index (Phi) is 4.43. The van der Waals surface area contributed by atoms with Gasteiger partial charge in [0.25, 0.3) is 0 Å². The van der Waals surface area contributed by atoms with Crippen LogP contribution in [0.1, 0.15) is 5.56 Å². The van der Waals surface area contributed by atoms with Crippen LogP contribution >= 0.6 is 39.1 Å². The molecule has 0 amide bonds. The minimum atomic E-state index is -0.407. The van der Waals surface area contributed by atoms with E-state index in [2.05, 4.69) is 20.9 Å². The molecule has 0 unspecified atom stereocenters. The molecule has 0 radical (unpaired) electrons. The molecule has 0 saturated heterocycles. The zero-order chi connectivity index (χ0) is 13.1. The van der Waals surface area contributed by atoms with Crippen LogP contribution in [0, 0.1) is 5.82 Å². The van der Waals surface area contributed by atoms with Gasteiger partial charge in [0.05, 0.1) is 5.02 Å². The Morgan fingerprint density at radius 2 is 2.00 bits per heavy atom. The molecule has 0 fully saturated rings. The highest BCUT2D eigenvalue weighted by molar-refractivity contribution is 9.10. The van der Waals surface area contributed by atoms with E-state index in [4.69, 9.17) is 27.9 Å². The van der Waals surface area contributed by atoms with E-state index in [0.29, 0.717) is 26.1 Å². The number of hydrogen-bond donors (Lipinski definition) is 0. The van der Waals surface area contributed by atoms with Gasteiger partial charge in [-0.3, -0.25) is 0 Å². The number of aromatic nitrogens is 1. The van der Waals surface area contributed by atoms with Crippen molar-refractivity contribution in [2.45, 2.75) is 6.61 Å². The molecule has 1 aromatic heterocycles. The van der Waals surface area contributed by atoms with E-state index in [0.717, 1.165) is 0 Å². The molecular formula is C12H7BrCl2FNO. The number of ether oxygens (including phenoxy) is 1. The van der Waals surface area contributed by atoms with Crippen LogP contribution in [-0.4, -0.2) is 4.98 Å². The molecule has 0 aliphatic carbocycles. The monoisotopic (exact) mass is 349 g/mol. The summed E-state index contributed by atoms with van der Waals surface area (Å²) in [4.78, 5) is 4.05. The van der Waals surface area contributed by atoms with E-state index < -0.39 is 5.82 Å². The van der Waals surface area contributed by atoms with Crippen LogP contribution in [0.2, 0.25) is 10.0 Å². The van der Waals surface area contributed by atoms with Crippen LogP contribution in [0.4, 0.5) is 4.39 Å². The summed E-state index contributed by atoms with van der Waals surface area (Å²) >= 11 is 14.6. The summed E-state index contributed by atoms with van der Waals surface area (Å²) in [6.45, 7) is 0.0735. The second-order valence-electron chi connectivity index (χ2n) is 3.45. The summed E-state index contributed by atoms with van der Waals surface area (Å²) in [7, 11) is 0. The first-order valence-corrected chi connectivity index (χ1v) is 6.50. The molecule has 6 heteroatoms. The summed E-state index contributed by atoms with van der Waals surface area (Å²) in [6, 6.07) is 7.68. The smallest absolute Gasteiger partial charge is 0.214 e. The number of halogens is 4. The van der Waals surface area contributed by atoms with E-state index >= 15 is 0 Å². The van der Waals surface area contributed by atoms with E-state index in [1.165, 1.54) is 6.07 Å². The molecule has 0 spiro atoms. The Hall–Kier alpha value is -0.840. The lowest BCUT2D eigenvalue weighted by Crippen LogP contribution is -2.00. The number of nitrogens with zero attached hydrogens (tertiary/aromatic N) is 1. The van der Waals surface area contributed by atoms with Crippen LogP contribution in [0.15, 0.2) is 34.9 Å². The molecule has 2 rings (SSSR count). The Morgan fingerprint density at radius 3 is 2.67 bits per heavy atom. The molecule has 0 aliphatic heterocycles. The average Bonchev–Trinajstić information content (AvgIpc) is 2.32. The molecule has 1 aromatic carbocycles. The highest BCUT2D eigenvalue weighted by Gasteiger charge is 2.06. The van der Waals surface area contributed by atoms with Gasteiger partial charge in [-0.25, -0.2) is 9.37 Å². The quantitative estimate of drug-likeness (QED) is 0.737. The summed E-state index contributed by atoms with van der Waals surface area (Å²) in [5.41, 5.74) is 0.410. The predicted octanol–water partition coefficient (Wildman–Crippen LogP) is 4.87. The molecule has 0 bridgehead atoms. The Bertz CT molecular complexity index is 580. The van der Waals surface area contributed by atoms with Crippen molar-refractivity contribution in [3.8, 4) is 5.88 Å². The third kappa shape index (κ3) is 3.34. The normalized spacial score (nSPS) is 10.4. The molecule has 0 aliphatic rings. The topological polar surface area (TPSA) is 22.1 Å². The zero-order valence-electron chi connectivity index (χ0n) is 8.96. The van der Waals surface area contributed by atoms with Crippen LogP contribution < -0.4 is 4.74 Å². The first-order valence-electron chi connectivity index (χ1n) is 4.95. The first kappa shape index (κ1) is 13.6. The number of hydrogen-bond acceptors (Lipinski definition) is 2. The van der Waals surface area contributed by atoms with Gasteiger partial charge in [-0.1, -0.05) is 29.3 Å². The number of pyridine rings is 1. The second kappa shape index (κ2) is 5.87. The third-order valence-corrected chi connectivity index (χ3v) is 3.54. The minimum Gasteiger partial charge on any atom is -0.473 e. The van der Waals surface area contributed by atoms with Crippen molar-refractivity contribution < 1.29 is 9.13 Å². The van der Waals surface area contributed by atoms with Gasteiger partial charge in [-0.05, 0) is 34.1 Å². The largest absolute Gasteiger partial charge is 0.473 e. The fourth-order valence-electron chi connectivity index (χ4n) is 1.27. The van der Waals surface area contributed by atoms with Gasteiger partial charge in [0.1, 0.15) is 17.0 Å². The van der Waals surface area contributed by atoms with Crippen LogP contribution in [0.5, 0.6) is 5.88 Å². The lowest BCUT2D eigenvalue weighted by atomic mass is 10.2. The lowest BCUT2D eigenvalue weighted by molar-refractivity contribution is 0.287. The number of rotatable bonds is 3. The Labute approximate surface area is 122 Å². The van der Waals surface area contributed by atoms with Gasteiger partial charge in [0.15, 0.2) is 0 Å². The molecule has 0 N–H and O–H groups in total. The second-order valence-corrected chi connectivity index (χ2v) is 5.04.